The highest BCUT2D eigenvalue weighted by Gasteiger charge is 2.19. The van der Waals surface area contributed by atoms with Crippen LogP contribution < -0.4 is 0 Å². The summed E-state index contributed by atoms with van der Waals surface area (Å²) in [4.78, 5) is 4.13. The van der Waals surface area contributed by atoms with Gasteiger partial charge in [0.15, 0.2) is 6.10 Å². The molecule has 0 saturated carbocycles. The number of rotatable bonds is 2. The van der Waals surface area contributed by atoms with E-state index in [1.807, 2.05) is 18.2 Å². The molecule has 2 unspecified atom stereocenters. The summed E-state index contributed by atoms with van der Waals surface area (Å²) in [5.41, 5.74) is 1.24. The molecule has 0 radical (unpaired) electrons. The molecule has 0 amide bonds. The van der Waals surface area contributed by atoms with Crippen LogP contribution in [0.3, 0.4) is 0 Å². The van der Waals surface area contributed by atoms with Gasteiger partial charge in [0, 0.05) is 11.6 Å². The van der Waals surface area contributed by atoms with Gasteiger partial charge in [0.2, 0.25) is 0 Å². The highest BCUT2D eigenvalue weighted by atomic mass is 16.3. The fourth-order valence-corrected chi connectivity index (χ4v) is 1.62. The number of nitriles is 1. The van der Waals surface area contributed by atoms with Crippen LogP contribution in [-0.2, 0) is 0 Å². The Bertz CT molecular complexity index is 543. The number of para-hydroxylation sites is 1. The first-order chi connectivity index (χ1) is 7.74. The molecule has 1 heterocycles. The lowest BCUT2D eigenvalue weighted by molar-refractivity contribution is 0.0537. The molecule has 4 nitrogen and oxygen atoms in total. The van der Waals surface area contributed by atoms with Gasteiger partial charge < -0.3 is 10.2 Å². The van der Waals surface area contributed by atoms with Crippen LogP contribution in [0, 0.1) is 11.3 Å². The number of fused-ring (bicyclic) bond motifs is 1. The Morgan fingerprint density at radius 1 is 1.19 bits per heavy atom. The van der Waals surface area contributed by atoms with Crippen molar-refractivity contribution in [3.05, 3.63) is 42.1 Å². The number of nitrogens with zero attached hydrogens (tertiary/aromatic N) is 2. The Morgan fingerprint density at radius 3 is 2.69 bits per heavy atom. The summed E-state index contributed by atoms with van der Waals surface area (Å²) in [6.07, 6.45) is -1.09. The van der Waals surface area contributed by atoms with Gasteiger partial charge in [-0.05, 0) is 17.7 Å². The zero-order chi connectivity index (χ0) is 11.5. The molecule has 16 heavy (non-hydrogen) atoms. The lowest BCUT2D eigenvalue weighted by Gasteiger charge is -2.13. The van der Waals surface area contributed by atoms with Gasteiger partial charge in [-0.3, -0.25) is 4.98 Å². The van der Waals surface area contributed by atoms with Crippen molar-refractivity contribution < 1.29 is 10.2 Å². The molecule has 1 aromatic heterocycles. The van der Waals surface area contributed by atoms with E-state index >= 15 is 0 Å². The first kappa shape index (κ1) is 10.6. The average molecular weight is 214 g/mol. The molecule has 0 aliphatic rings. The van der Waals surface area contributed by atoms with Crippen LogP contribution in [0.25, 0.3) is 10.9 Å². The van der Waals surface area contributed by atoms with Crippen LogP contribution in [0.4, 0.5) is 0 Å². The third-order valence-corrected chi connectivity index (χ3v) is 2.43. The van der Waals surface area contributed by atoms with Gasteiger partial charge in [-0.15, -0.1) is 0 Å². The summed E-state index contributed by atoms with van der Waals surface area (Å²) in [5, 5.41) is 28.4. The largest absolute Gasteiger partial charge is 0.385 e. The van der Waals surface area contributed by atoms with E-state index in [1.54, 1.807) is 24.4 Å². The minimum Gasteiger partial charge on any atom is -0.385 e. The minimum absolute atomic E-state index is 0.514. The van der Waals surface area contributed by atoms with Crippen molar-refractivity contribution in [3.8, 4) is 6.07 Å². The van der Waals surface area contributed by atoms with Gasteiger partial charge in [0.1, 0.15) is 6.10 Å². The predicted octanol–water partition coefficient (Wildman–Crippen LogP) is 1.15. The van der Waals surface area contributed by atoms with Gasteiger partial charge in [0.05, 0.1) is 11.6 Å². The molecular weight excluding hydrogens is 204 g/mol. The quantitative estimate of drug-likeness (QED) is 0.735. The van der Waals surface area contributed by atoms with Crippen LogP contribution in [-0.4, -0.2) is 21.3 Å². The Kier molecular flexibility index (Phi) is 2.82. The fraction of sp³-hybridized carbons (Fsp3) is 0.167. The topological polar surface area (TPSA) is 77.1 Å². The Hall–Kier alpha value is -1.96. The number of aliphatic hydroxyl groups is 2. The van der Waals surface area contributed by atoms with Gasteiger partial charge in [-0.1, -0.05) is 18.2 Å². The second-order valence-corrected chi connectivity index (χ2v) is 3.44. The molecule has 2 N–H and O–H groups in total. The molecule has 0 spiro atoms. The SMILES string of the molecule is N#CC(O)C(O)c1ccnc2ccccc12. The fourth-order valence-electron chi connectivity index (χ4n) is 1.62. The number of pyridine rings is 1. The van der Waals surface area contributed by atoms with Crippen molar-refractivity contribution in [2.75, 3.05) is 0 Å². The van der Waals surface area contributed by atoms with E-state index in [-0.39, 0.29) is 0 Å². The van der Waals surface area contributed by atoms with E-state index < -0.39 is 12.2 Å². The van der Waals surface area contributed by atoms with Gasteiger partial charge in [0.25, 0.3) is 0 Å². The monoisotopic (exact) mass is 214 g/mol. The number of aromatic nitrogens is 1. The maximum Gasteiger partial charge on any atom is 0.170 e. The molecule has 80 valence electrons. The molecule has 0 bridgehead atoms. The number of aliphatic hydroxyl groups excluding tert-OH is 2. The molecule has 2 aromatic rings. The summed E-state index contributed by atoms with van der Waals surface area (Å²) < 4.78 is 0. The smallest absolute Gasteiger partial charge is 0.170 e. The van der Waals surface area contributed by atoms with E-state index in [2.05, 4.69) is 4.98 Å². The Labute approximate surface area is 92.4 Å². The molecule has 0 aliphatic carbocycles. The van der Waals surface area contributed by atoms with Crippen molar-refractivity contribution in [1.82, 2.24) is 4.98 Å². The summed E-state index contributed by atoms with van der Waals surface area (Å²) in [6.45, 7) is 0. The molecule has 2 rings (SSSR count). The Morgan fingerprint density at radius 2 is 1.94 bits per heavy atom. The minimum atomic E-state index is -1.43. The third-order valence-electron chi connectivity index (χ3n) is 2.43. The molecule has 1 aromatic carbocycles. The lowest BCUT2D eigenvalue weighted by atomic mass is 10.0. The van der Waals surface area contributed by atoms with Crippen molar-refractivity contribution in [1.29, 1.82) is 5.26 Å². The van der Waals surface area contributed by atoms with E-state index in [0.717, 1.165) is 10.9 Å². The normalized spacial score (nSPS) is 14.3. The van der Waals surface area contributed by atoms with Gasteiger partial charge in [-0.25, -0.2) is 0 Å². The summed E-state index contributed by atoms with van der Waals surface area (Å²) in [5.74, 6) is 0. The average Bonchev–Trinajstić information content (AvgIpc) is 2.36. The van der Waals surface area contributed by atoms with Crippen molar-refractivity contribution in [3.63, 3.8) is 0 Å². The molecular formula is C12H10N2O2. The number of benzene rings is 1. The summed E-state index contributed by atoms with van der Waals surface area (Å²) in [7, 11) is 0. The number of hydrogen-bond acceptors (Lipinski definition) is 4. The zero-order valence-electron chi connectivity index (χ0n) is 8.41. The van der Waals surface area contributed by atoms with Gasteiger partial charge >= 0.3 is 0 Å². The lowest BCUT2D eigenvalue weighted by Crippen LogP contribution is -2.16. The van der Waals surface area contributed by atoms with Crippen LogP contribution in [0.15, 0.2) is 36.5 Å². The first-order valence-electron chi connectivity index (χ1n) is 4.83. The van der Waals surface area contributed by atoms with Crippen LogP contribution in [0.1, 0.15) is 11.7 Å². The molecule has 4 heteroatoms. The number of hydrogen-bond donors (Lipinski definition) is 2. The summed E-state index contributed by atoms with van der Waals surface area (Å²) in [6, 6.07) is 10.5. The highest BCUT2D eigenvalue weighted by molar-refractivity contribution is 5.82. The highest BCUT2D eigenvalue weighted by Crippen LogP contribution is 2.24. The van der Waals surface area contributed by atoms with E-state index in [9.17, 15) is 10.2 Å². The molecule has 0 fully saturated rings. The summed E-state index contributed by atoms with van der Waals surface area (Å²) >= 11 is 0. The Balaban J connectivity index is 2.57. The maximum atomic E-state index is 9.79. The third kappa shape index (κ3) is 1.74. The van der Waals surface area contributed by atoms with Crippen molar-refractivity contribution in [2.24, 2.45) is 0 Å². The second kappa shape index (κ2) is 4.27. The first-order valence-corrected chi connectivity index (χ1v) is 4.83. The van der Waals surface area contributed by atoms with Crippen molar-refractivity contribution in [2.45, 2.75) is 12.2 Å². The van der Waals surface area contributed by atoms with Crippen LogP contribution in [0.2, 0.25) is 0 Å². The van der Waals surface area contributed by atoms with E-state index in [1.165, 1.54) is 0 Å². The molecule has 0 saturated heterocycles. The zero-order valence-corrected chi connectivity index (χ0v) is 8.41. The second-order valence-electron chi connectivity index (χ2n) is 3.44. The maximum absolute atomic E-state index is 9.79. The van der Waals surface area contributed by atoms with E-state index in [0.29, 0.717) is 5.56 Å². The molecule has 2 atom stereocenters. The van der Waals surface area contributed by atoms with Gasteiger partial charge in [-0.2, -0.15) is 5.26 Å². The van der Waals surface area contributed by atoms with Crippen LogP contribution >= 0.6 is 0 Å². The van der Waals surface area contributed by atoms with E-state index in [4.69, 9.17) is 5.26 Å². The van der Waals surface area contributed by atoms with Crippen molar-refractivity contribution >= 4 is 10.9 Å². The molecule has 0 aliphatic heterocycles. The standard InChI is InChI=1S/C12H10N2O2/c13-7-11(15)12(16)9-5-6-14-10-4-2-1-3-8(9)10/h1-6,11-12,15-16H. The predicted molar refractivity (Wildman–Crippen MR) is 58.3 cm³/mol. The van der Waals surface area contributed by atoms with Crippen LogP contribution in [0.5, 0.6) is 0 Å².